The molecule has 3 aliphatic heterocycles. The number of likely N-dealkylation sites (tertiary alicyclic amines) is 2. The number of carboxylic acid groups (broad SMARTS) is 1. The number of benzene rings is 2. The molecule has 16 nitrogen and oxygen atoms in total. The van der Waals surface area contributed by atoms with Crippen LogP contribution in [-0.2, 0) is 23.9 Å². The standard InChI is InChI=1S/C13H22N2.C11H14N2O.C9H16N2O.C8H12N2.C6H14N2.C4H8O.C3H3ClO.C3H4O2.2CH4/c1-3-7-12(8-4-1)14-11-15-13-9-5-2-6-10-13;1-4-11(14)12-9-5-7-10(8-6-9)13(2)3;1-3-9(12)10-8-4-6-11(2)7-5-8;1-10(2)8-5-3-7(9)4-6-8;1-8-4-2-6(7)3-5-8;1-2-4-5-3-1;2*1-2-3(4)5;;/h12-13H,1-10H2;4-8H,1H2,2-3H3,(H,12,14);3,8H,1,4-7H2,2H3,(H,10,12);3-6H,9H2,1-2H3;6H,2-5,7H2,1H3;1-4H2;2H,1H2;2H,1H2,(H,4,5);2*1H4. The van der Waals surface area contributed by atoms with E-state index in [2.05, 4.69) is 76.8 Å². The molecule has 5 aliphatic rings. The molecule has 0 aromatic heterocycles. The third-order valence-electron chi connectivity index (χ3n) is 12.1. The van der Waals surface area contributed by atoms with E-state index in [4.69, 9.17) is 32.9 Å². The van der Waals surface area contributed by atoms with Gasteiger partial charge in [-0.25, -0.2) is 14.8 Å². The highest BCUT2D eigenvalue weighted by Gasteiger charge is 2.17. The highest BCUT2D eigenvalue weighted by Crippen LogP contribution is 2.22. The number of hydrogen-bond acceptors (Lipinski definition) is 13. The Balaban J connectivity index is -0.000000823. The number of nitrogens with one attached hydrogen (secondary N) is 2. The number of carbonyl (C=O) groups excluding carboxylic acids is 3. The van der Waals surface area contributed by atoms with Gasteiger partial charge >= 0.3 is 5.97 Å². The van der Waals surface area contributed by atoms with Crippen LogP contribution in [-0.4, -0.2) is 150 Å². The fourth-order valence-electron chi connectivity index (χ4n) is 7.38. The summed E-state index contributed by atoms with van der Waals surface area (Å²) in [5.74, 6) is -1.22. The van der Waals surface area contributed by atoms with E-state index in [0.717, 1.165) is 68.4 Å². The molecule has 2 aromatic rings. The average Bonchev–Trinajstić information content (AvgIpc) is 4.01. The number of hydrogen-bond donors (Lipinski definition) is 5. The molecule has 3 saturated heterocycles. The Hall–Kier alpha value is -5.61. The number of nitrogen functional groups attached to an aromatic ring is 1. The molecule has 0 bridgehead atoms. The van der Waals surface area contributed by atoms with Gasteiger partial charge in [-0.2, -0.15) is 0 Å². The maximum absolute atomic E-state index is 11.0. The molecule has 2 amide bonds. The second-order valence-corrected chi connectivity index (χ2v) is 19.2. The second-order valence-electron chi connectivity index (χ2n) is 18.9. The lowest BCUT2D eigenvalue weighted by Gasteiger charge is -2.29. The van der Waals surface area contributed by atoms with Gasteiger partial charge in [0.25, 0.3) is 0 Å². The van der Waals surface area contributed by atoms with Gasteiger partial charge in [-0.05, 0) is 183 Å². The summed E-state index contributed by atoms with van der Waals surface area (Å²) in [6, 6.07) is 20.3. The SMILES string of the molecule is C.C.C(=NC1CCCCC1)=NC1CCCCC1.C1CCOC1.C=CC(=O)Cl.C=CC(=O)NC1CCN(C)CC1.C=CC(=O)Nc1ccc(N(C)C)cc1.C=CC(=O)O.CN(C)c1ccc(N)cc1.CN1CCC(N)CC1. The zero-order chi connectivity index (χ0) is 55.5. The molecule has 430 valence electrons. The number of nitrogens with two attached hydrogens (primary N) is 2. The second kappa shape index (κ2) is 47.8. The van der Waals surface area contributed by atoms with Gasteiger partial charge < -0.3 is 51.5 Å². The van der Waals surface area contributed by atoms with E-state index in [1.165, 1.54) is 121 Å². The van der Waals surface area contributed by atoms with Gasteiger partial charge in [0.15, 0.2) is 0 Å². The number of nitrogens with zero attached hydrogens (tertiary/aromatic N) is 6. The van der Waals surface area contributed by atoms with Gasteiger partial charge in [-0.1, -0.05) is 79.7 Å². The first-order valence-electron chi connectivity index (χ1n) is 26.0. The number of halogens is 1. The van der Waals surface area contributed by atoms with Crippen molar-refractivity contribution in [3.8, 4) is 0 Å². The molecule has 0 unspecified atom stereocenters. The maximum Gasteiger partial charge on any atom is 0.327 e. The average molecular weight is 1080 g/mol. The Labute approximate surface area is 464 Å². The van der Waals surface area contributed by atoms with Gasteiger partial charge in [0.1, 0.15) is 0 Å². The summed E-state index contributed by atoms with van der Waals surface area (Å²) in [6.07, 6.45) is 24.7. The molecule has 0 spiro atoms. The Morgan fingerprint density at radius 3 is 1.34 bits per heavy atom. The van der Waals surface area contributed by atoms with Crippen molar-refractivity contribution < 1.29 is 29.0 Å². The predicted molar refractivity (Wildman–Crippen MR) is 324 cm³/mol. The molecule has 7 N–H and O–H groups in total. The number of carbonyl (C=O) groups is 4. The van der Waals surface area contributed by atoms with Crippen LogP contribution in [0, 0.1) is 0 Å². The molecule has 2 aliphatic carbocycles. The lowest BCUT2D eigenvalue weighted by molar-refractivity contribution is -0.131. The Kier molecular flexibility index (Phi) is 46.9. The molecule has 2 saturated carbocycles. The highest BCUT2D eigenvalue weighted by molar-refractivity contribution is 6.66. The molecular formula is C59H101ClN10O6. The Morgan fingerprint density at radius 1 is 0.645 bits per heavy atom. The first-order valence-corrected chi connectivity index (χ1v) is 26.4. The Bertz CT molecular complexity index is 1850. The molecule has 3 heterocycles. The number of ether oxygens (including phenoxy) is 1. The molecular weight excluding hydrogens is 980 g/mol. The number of carboxylic acids is 1. The summed E-state index contributed by atoms with van der Waals surface area (Å²) >= 11 is 4.71. The summed E-state index contributed by atoms with van der Waals surface area (Å²) in [4.78, 5) is 58.1. The first kappa shape index (κ1) is 74.6. The zero-order valence-corrected chi connectivity index (χ0v) is 46.6. The van der Waals surface area contributed by atoms with Crippen LogP contribution in [0.5, 0.6) is 0 Å². The van der Waals surface area contributed by atoms with Crippen LogP contribution >= 0.6 is 11.6 Å². The number of rotatable bonds is 10. The molecule has 17 heteroatoms. The molecule has 5 fully saturated rings. The number of aliphatic imine (C=N–C) groups is 2. The van der Waals surface area contributed by atoms with Gasteiger partial charge in [-0.3, -0.25) is 14.4 Å². The van der Waals surface area contributed by atoms with Gasteiger partial charge in [-0.15, -0.1) is 0 Å². The number of anilines is 4. The van der Waals surface area contributed by atoms with Gasteiger partial charge in [0.05, 0.1) is 18.1 Å². The highest BCUT2D eigenvalue weighted by atomic mass is 35.5. The van der Waals surface area contributed by atoms with E-state index in [9.17, 15) is 19.2 Å². The van der Waals surface area contributed by atoms with Crippen LogP contribution in [0.3, 0.4) is 0 Å². The van der Waals surface area contributed by atoms with E-state index in [1.54, 1.807) is 0 Å². The normalized spacial score (nSPS) is 16.2. The van der Waals surface area contributed by atoms with E-state index < -0.39 is 11.2 Å². The number of aliphatic carboxylic acids is 1. The summed E-state index contributed by atoms with van der Waals surface area (Å²) < 4.78 is 4.94. The molecule has 7 rings (SSSR count). The molecule has 0 atom stereocenters. The number of allylic oxidation sites excluding steroid dienone is 1. The van der Waals surface area contributed by atoms with Crippen LogP contribution in [0.1, 0.15) is 118 Å². The van der Waals surface area contributed by atoms with Crippen molar-refractivity contribution >= 4 is 63.4 Å². The monoisotopic (exact) mass is 1080 g/mol. The van der Waals surface area contributed by atoms with Crippen molar-refractivity contribution in [1.82, 2.24) is 15.1 Å². The first-order chi connectivity index (χ1) is 35.3. The van der Waals surface area contributed by atoms with Crippen LogP contribution in [0.25, 0.3) is 0 Å². The van der Waals surface area contributed by atoms with Gasteiger partial charge in [0, 0.05) is 82.3 Å². The summed E-state index contributed by atoms with van der Waals surface area (Å²) in [5.41, 5.74) is 15.0. The molecule has 0 radical (unpaired) electrons. The van der Waals surface area contributed by atoms with Crippen LogP contribution in [0.4, 0.5) is 22.7 Å². The third kappa shape index (κ3) is 42.6. The lowest BCUT2D eigenvalue weighted by Crippen LogP contribution is -2.42. The van der Waals surface area contributed by atoms with E-state index >= 15 is 0 Å². The van der Waals surface area contributed by atoms with E-state index in [1.807, 2.05) is 86.5 Å². The van der Waals surface area contributed by atoms with E-state index in [-0.39, 0.29) is 26.7 Å². The number of piperidine rings is 2. The third-order valence-corrected chi connectivity index (χ3v) is 12.2. The quantitative estimate of drug-likeness (QED) is 0.0651. The topological polar surface area (TPSA) is 212 Å². The van der Waals surface area contributed by atoms with Crippen molar-refractivity contribution in [3.63, 3.8) is 0 Å². The summed E-state index contributed by atoms with van der Waals surface area (Å²) in [6.45, 7) is 19.3. The minimum atomic E-state index is -0.981. The van der Waals surface area contributed by atoms with Crippen molar-refractivity contribution in [2.75, 3.05) is 103 Å². The molecule has 2 aromatic carbocycles. The Morgan fingerprint density at radius 2 is 1.03 bits per heavy atom. The van der Waals surface area contributed by atoms with Crippen LogP contribution < -0.4 is 31.9 Å². The van der Waals surface area contributed by atoms with Crippen molar-refractivity contribution in [3.05, 3.63) is 99.2 Å². The lowest BCUT2D eigenvalue weighted by atomic mass is 9.96. The van der Waals surface area contributed by atoms with Crippen LogP contribution in [0.2, 0.25) is 0 Å². The minimum Gasteiger partial charge on any atom is -0.478 e. The van der Waals surface area contributed by atoms with Crippen molar-refractivity contribution in [1.29, 1.82) is 0 Å². The van der Waals surface area contributed by atoms with Crippen molar-refractivity contribution in [2.45, 2.75) is 142 Å². The summed E-state index contributed by atoms with van der Waals surface area (Å²) in [7, 11) is 12.2. The largest absolute Gasteiger partial charge is 0.478 e. The van der Waals surface area contributed by atoms with Gasteiger partial charge in [0.2, 0.25) is 17.1 Å². The smallest absolute Gasteiger partial charge is 0.327 e. The maximum atomic E-state index is 11.0. The summed E-state index contributed by atoms with van der Waals surface area (Å²) in [5, 5.41) is 12.7. The van der Waals surface area contributed by atoms with Crippen molar-refractivity contribution in [2.24, 2.45) is 15.7 Å². The fraction of sp³-hybridized carbons (Fsp3) is 0.576. The fourth-order valence-corrected chi connectivity index (χ4v) is 7.38. The predicted octanol–water partition coefficient (Wildman–Crippen LogP) is 10.7. The van der Waals surface area contributed by atoms with Crippen LogP contribution in [0.15, 0.2) is 109 Å². The van der Waals surface area contributed by atoms with E-state index in [0.29, 0.717) is 24.2 Å². The zero-order valence-electron chi connectivity index (χ0n) is 45.8. The number of amides is 2. The minimum absolute atomic E-state index is 0. The molecule has 76 heavy (non-hydrogen) atoms.